The maximum Gasteiger partial charge on any atom is 0.0946 e. The van der Waals surface area contributed by atoms with Crippen LogP contribution >= 0.6 is 0 Å². The molecule has 0 aromatic heterocycles. The predicted octanol–water partition coefficient (Wildman–Crippen LogP) is 2.83. The second kappa shape index (κ2) is 3.82. The number of ether oxygens (including phenoxy) is 1. The van der Waals surface area contributed by atoms with E-state index in [9.17, 15) is 5.11 Å². The van der Waals surface area contributed by atoms with Crippen LogP contribution in [0.2, 0.25) is 0 Å². The smallest absolute Gasteiger partial charge is 0.0946 e. The van der Waals surface area contributed by atoms with Crippen LogP contribution in [0.15, 0.2) is 18.2 Å². The first kappa shape index (κ1) is 11.2. The largest absolute Gasteiger partial charge is 0.385 e. The molecule has 92 valence electrons. The summed E-state index contributed by atoms with van der Waals surface area (Å²) in [5, 5.41) is 10.9. The third kappa shape index (κ3) is 2.00. The zero-order chi connectivity index (χ0) is 12.0. The van der Waals surface area contributed by atoms with Crippen LogP contribution in [0.25, 0.3) is 0 Å². The Kier molecular flexibility index (Phi) is 2.53. The molecule has 2 fully saturated rings. The summed E-state index contributed by atoms with van der Waals surface area (Å²) in [6, 6.07) is 6.40. The van der Waals surface area contributed by atoms with Crippen molar-refractivity contribution >= 4 is 0 Å². The van der Waals surface area contributed by atoms with Gasteiger partial charge in [-0.2, -0.15) is 0 Å². The van der Waals surface area contributed by atoms with Crippen molar-refractivity contribution in [3.63, 3.8) is 0 Å². The van der Waals surface area contributed by atoms with Crippen molar-refractivity contribution in [1.29, 1.82) is 0 Å². The van der Waals surface area contributed by atoms with Crippen molar-refractivity contribution in [2.75, 3.05) is 0 Å². The molecular weight excluding hydrogens is 212 g/mol. The highest BCUT2D eigenvalue weighted by Crippen LogP contribution is 2.44. The monoisotopic (exact) mass is 232 g/mol. The molecule has 1 N–H and O–H groups in total. The molecule has 2 aliphatic rings. The molecule has 0 saturated carbocycles. The standard InChI is InChI=1S/C15H20O2/c1-10-5-11(2)7-12(6-10)15(16)8-13-3-4-14(9-15)17-13/h5-7,13-14,16H,3-4,8-9H2,1-2H3. The fourth-order valence-electron chi connectivity index (χ4n) is 3.40. The Labute approximate surface area is 103 Å². The first-order valence-corrected chi connectivity index (χ1v) is 6.52. The van der Waals surface area contributed by atoms with Crippen LogP contribution in [0, 0.1) is 13.8 Å². The van der Waals surface area contributed by atoms with Crippen molar-refractivity contribution in [2.45, 2.75) is 57.3 Å². The van der Waals surface area contributed by atoms with Gasteiger partial charge in [0.1, 0.15) is 0 Å². The number of hydrogen-bond donors (Lipinski definition) is 1. The highest BCUT2D eigenvalue weighted by atomic mass is 16.5. The lowest BCUT2D eigenvalue weighted by molar-refractivity contribution is -0.115. The van der Waals surface area contributed by atoms with E-state index in [2.05, 4.69) is 32.0 Å². The minimum atomic E-state index is -0.666. The quantitative estimate of drug-likeness (QED) is 0.806. The predicted molar refractivity (Wildman–Crippen MR) is 66.9 cm³/mol. The zero-order valence-electron chi connectivity index (χ0n) is 10.6. The molecule has 0 radical (unpaired) electrons. The van der Waals surface area contributed by atoms with Crippen LogP contribution in [0.3, 0.4) is 0 Å². The molecule has 2 atom stereocenters. The molecule has 2 saturated heterocycles. The molecule has 0 aliphatic carbocycles. The maximum absolute atomic E-state index is 10.9. The topological polar surface area (TPSA) is 29.5 Å². The van der Waals surface area contributed by atoms with Gasteiger partial charge in [0.15, 0.2) is 0 Å². The van der Waals surface area contributed by atoms with Gasteiger partial charge in [-0.3, -0.25) is 0 Å². The molecule has 2 heterocycles. The van der Waals surface area contributed by atoms with Gasteiger partial charge in [0.25, 0.3) is 0 Å². The van der Waals surface area contributed by atoms with Gasteiger partial charge in [0, 0.05) is 12.8 Å². The average molecular weight is 232 g/mol. The van der Waals surface area contributed by atoms with E-state index in [0.717, 1.165) is 31.2 Å². The van der Waals surface area contributed by atoms with Crippen molar-refractivity contribution in [2.24, 2.45) is 0 Å². The van der Waals surface area contributed by atoms with Crippen molar-refractivity contribution < 1.29 is 9.84 Å². The van der Waals surface area contributed by atoms with E-state index in [1.54, 1.807) is 0 Å². The molecule has 1 aromatic rings. The lowest BCUT2D eigenvalue weighted by Crippen LogP contribution is -2.38. The van der Waals surface area contributed by atoms with Gasteiger partial charge in [0.2, 0.25) is 0 Å². The molecule has 2 heteroatoms. The molecule has 2 nitrogen and oxygen atoms in total. The maximum atomic E-state index is 10.9. The Morgan fingerprint density at radius 1 is 1.06 bits per heavy atom. The van der Waals surface area contributed by atoms with E-state index in [1.807, 2.05) is 0 Å². The summed E-state index contributed by atoms with van der Waals surface area (Å²) >= 11 is 0. The molecule has 0 amide bonds. The molecule has 17 heavy (non-hydrogen) atoms. The first-order valence-electron chi connectivity index (χ1n) is 6.52. The Hall–Kier alpha value is -0.860. The average Bonchev–Trinajstić information content (AvgIpc) is 2.57. The fourth-order valence-corrected chi connectivity index (χ4v) is 3.40. The van der Waals surface area contributed by atoms with Gasteiger partial charge in [-0.1, -0.05) is 29.3 Å². The van der Waals surface area contributed by atoms with Crippen LogP contribution in [-0.4, -0.2) is 17.3 Å². The summed E-state index contributed by atoms with van der Waals surface area (Å²) in [6.07, 6.45) is 4.26. The molecule has 0 spiro atoms. The minimum absolute atomic E-state index is 0.263. The fraction of sp³-hybridized carbons (Fsp3) is 0.600. The molecule has 2 bridgehead atoms. The Morgan fingerprint density at radius 2 is 1.59 bits per heavy atom. The summed E-state index contributed by atoms with van der Waals surface area (Å²) < 4.78 is 5.81. The number of rotatable bonds is 1. The number of benzene rings is 1. The second-order valence-electron chi connectivity index (χ2n) is 5.77. The Bertz CT molecular complexity index is 406. The third-order valence-corrected chi connectivity index (χ3v) is 4.09. The van der Waals surface area contributed by atoms with Gasteiger partial charge in [0.05, 0.1) is 17.8 Å². The van der Waals surface area contributed by atoms with Gasteiger partial charge in [-0.15, -0.1) is 0 Å². The first-order chi connectivity index (χ1) is 8.05. The van der Waals surface area contributed by atoms with Crippen LogP contribution in [0.1, 0.15) is 42.4 Å². The molecular formula is C15H20O2. The minimum Gasteiger partial charge on any atom is -0.385 e. The van der Waals surface area contributed by atoms with Crippen LogP contribution in [0.5, 0.6) is 0 Å². The van der Waals surface area contributed by atoms with E-state index in [-0.39, 0.29) is 12.2 Å². The van der Waals surface area contributed by atoms with Gasteiger partial charge < -0.3 is 9.84 Å². The summed E-state index contributed by atoms with van der Waals surface area (Å²) in [5.74, 6) is 0. The zero-order valence-corrected chi connectivity index (χ0v) is 10.6. The van der Waals surface area contributed by atoms with E-state index in [0.29, 0.717) is 0 Å². The Morgan fingerprint density at radius 3 is 2.12 bits per heavy atom. The van der Waals surface area contributed by atoms with E-state index in [1.165, 1.54) is 11.1 Å². The van der Waals surface area contributed by atoms with Crippen molar-refractivity contribution in [3.05, 3.63) is 34.9 Å². The highest BCUT2D eigenvalue weighted by Gasteiger charge is 2.44. The molecule has 3 rings (SSSR count). The molecule has 2 unspecified atom stereocenters. The molecule has 1 aromatic carbocycles. The summed E-state index contributed by atoms with van der Waals surface area (Å²) in [7, 11) is 0. The number of fused-ring (bicyclic) bond motifs is 2. The lowest BCUT2D eigenvalue weighted by Gasteiger charge is -2.37. The van der Waals surface area contributed by atoms with Gasteiger partial charge in [-0.25, -0.2) is 0 Å². The van der Waals surface area contributed by atoms with Crippen LogP contribution < -0.4 is 0 Å². The number of aryl methyl sites for hydroxylation is 2. The number of aliphatic hydroxyl groups is 1. The normalized spacial score (nSPS) is 36.2. The third-order valence-electron chi connectivity index (χ3n) is 4.09. The van der Waals surface area contributed by atoms with E-state index in [4.69, 9.17) is 4.74 Å². The lowest BCUT2D eigenvalue weighted by atomic mass is 9.82. The van der Waals surface area contributed by atoms with E-state index < -0.39 is 5.60 Å². The van der Waals surface area contributed by atoms with E-state index >= 15 is 0 Å². The summed E-state index contributed by atoms with van der Waals surface area (Å²) in [6.45, 7) is 4.18. The van der Waals surface area contributed by atoms with Crippen LogP contribution in [0.4, 0.5) is 0 Å². The van der Waals surface area contributed by atoms with Gasteiger partial charge in [-0.05, 0) is 32.3 Å². The highest BCUT2D eigenvalue weighted by molar-refractivity contribution is 5.33. The van der Waals surface area contributed by atoms with Crippen molar-refractivity contribution in [3.8, 4) is 0 Å². The number of hydrogen-bond acceptors (Lipinski definition) is 2. The van der Waals surface area contributed by atoms with Gasteiger partial charge >= 0.3 is 0 Å². The summed E-state index contributed by atoms with van der Waals surface area (Å²) in [5.41, 5.74) is 2.87. The molecule has 2 aliphatic heterocycles. The van der Waals surface area contributed by atoms with Crippen molar-refractivity contribution in [1.82, 2.24) is 0 Å². The second-order valence-corrected chi connectivity index (χ2v) is 5.77. The SMILES string of the molecule is Cc1cc(C)cc(C2(O)CC3CCC(C2)O3)c1. The Balaban J connectivity index is 1.96. The van der Waals surface area contributed by atoms with Crippen LogP contribution in [-0.2, 0) is 10.3 Å². The summed E-state index contributed by atoms with van der Waals surface area (Å²) in [4.78, 5) is 0.